The molecule has 2 nitrogen and oxygen atoms in total. The summed E-state index contributed by atoms with van der Waals surface area (Å²) in [6.45, 7) is 1.92. The fourth-order valence-electron chi connectivity index (χ4n) is 2.53. The van der Waals surface area contributed by atoms with Crippen LogP contribution in [0.25, 0.3) is 5.76 Å². The summed E-state index contributed by atoms with van der Waals surface area (Å²) in [4.78, 5) is 12.7. The maximum absolute atomic E-state index is 12.7. The molecule has 22 heavy (non-hydrogen) atoms. The number of allylic oxidation sites excluding steroid dienone is 5. The topological polar surface area (TPSA) is 37.3 Å². The summed E-state index contributed by atoms with van der Waals surface area (Å²) in [5, 5.41) is 10.5. The largest absolute Gasteiger partial charge is 0.507 e. The van der Waals surface area contributed by atoms with Gasteiger partial charge in [-0.05, 0) is 24.6 Å². The fourth-order valence-corrected chi connectivity index (χ4v) is 2.53. The lowest BCUT2D eigenvalue weighted by atomic mass is 9.96. The van der Waals surface area contributed by atoms with E-state index in [4.69, 9.17) is 0 Å². The van der Waals surface area contributed by atoms with Crippen LogP contribution in [0, 0.1) is 0 Å². The first-order valence-corrected chi connectivity index (χ1v) is 7.15. The zero-order valence-electron chi connectivity index (χ0n) is 12.3. The Hall–Kier alpha value is -2.87. The van der Waals surface area contributed by atoms with Gasteiger partial charge in [0.25, 0.3) is 0 Å². The molecule has 2 aromatic carbocycles. The van der Waals surface area contributed by atoms with Gasteiger partial charge in [0, 0.05) is 22.3 Å². The van der Waals surface area contributed by atoms with E-state index in [1.54, 1.807) is 12.1 Å². The van der Waals surface area contributed by atoms with Gasteiger partial charge in [-0.2, -0.15) is 0 Å². The van der Waals surface area contributed by atoms with Gasteiger partial charge in [-0.25, -0.2) is 0 Å². The van der Waals surface area contributed by atoms with E-state index in [1.807, 2.05) is 67.6 Å². The number of carbonyl (C=O) groups is 1. The van der Waals surface area contributed by atoms with Crippen molar-refractivity contribution in [1.29, 1.82) is 0 Å². The van der Waals surface area contributed by atoms with Crippen molar-refractivity contribution in [2.24, 2.45) is 0 Å². The highest BCUT2D eigenvalue weighted by Crippen LogP contribution is 2.31. The van der Waals surface area contributed by atoms with E-state index < -0.39 is 0 Å². The van der Waals surface area contributed by atoms with E-state index in [0.717, 1.165) is 5.57 Å². The fraction of sp³-hybridized carbons (Fsp3) is 0.0500. The molecule has 2 heteroatoms. The first kappa shape index (κ1) is 14.1. The van der Waals surface area contributed by atoms with E-state index in [2.05, 4.69) is 0 Å². The van der Waals surface area contributed by atoms with Gasteiger partial charge in [0.05, 0.1) is 0 Å². The van der Waals surface area contributed by atoms with Crippen LogP contribution in [-0.4, -0.2) is 10.9 Å². The molecule has 3 rings (SSSR count). The lowest BCUT2D eigenvalue weighted by molar-refractivity contribution is 0.103. The summed E-state index contributed by atoms with van der Waals surface area (Å²) in [6, 6.07) is 18.4. The molecule has 2 aromatic rings. The number of ketones is 1. The normalized spacial score (nSPS) is 16.0. The second-order valence-electron chi connectivity index (χ2n) is 5.27. The maximum atomic E-state index is 12.7. The summed E-state index contributed by atoms with van der Waals surface area (Å²) in [5.74, 6) is 0.0548. The highest BCUT2D eigenvalue weighted by Gasteiger charge is 2.22. The predicted octanol–water partition coefficient (Wildman–Crippen LogP) is 4.72. The van der Waals surface area contributed by atoms with Crippen LogP contribution in [-0.2, 0) is 0 Å². The molecule has 0 amide bonds. The Balaban J connectivity index is 2.05. The third-order valence-corrected chi connectivity index (χ3v) is 3.62. The van der Waals surface area contributed by atoms with Gasteiger partial charge in [0.1, 0.15) is 5.76 Å². The zero-order valence-corrected chi connectivity index (χ0v) is 12.3. The van der Waals surface area contributed by atoms with E-state index in [-0.39, 0.29) is 11.5 Å². The first-order valence-electron chi connectivity index (χ1n) is 7.15. The molecule has 0 spiro atoms. The third-order valence-electron chi connectivity index (χ3n) is 3.62. The minimum atomic E-state index is -0.0776. The minimum absolute atomic E-state index is 0.0776. The van der Waals surface area contributed by atoms with Crippen molar-refractivity contribution in [3.63, 3.8) is 0 Å². The first-order chi connectivity index (χ1) is 10.7. The van der Waals surface area contributed by atoms with Crippen LogP contribution in [0.4, 0.5) is 0 Å². The molecular formula is C20H16O2. The van der Waals surface area contributed by atoms with Crippen LogP contribution < -0.4 is 0 Å². The van der Waals surface area contributed by atoms with Gasteiger partial charge in [-0.1, -0.05) is 60.7 Å². The Labute approximate surface area is 129 Å². The molecule has 1 aliphatic rings. The number of Topliss-reactive ketones (excluding diaryl/α,β-unsaturated/α-hetero) is 1. The summed E-state index contributed by atoms with van der Waals surface area (Å²) in [7, 11) is 0. The van der Waals surface area contributed by atoms with E-state index in [0.29, 0.717) is 22.3 Å². The summed E-state index contributed by atoms with van der Waals surface area (Å²) in [6.07, 6.45) is 3.67. The van der Waals surface area contributed by atoms with Gasteiger partial charge in [-0.15, -0.1) is 0 Å². The van der Waals surface area contributed by atoms with Crippen molar-refractivity contribution in [2.75, 3.05) is 0 Å². The predicted molar refractivity (Wildman–Crippen MR) is 88.6 cm³/mol. The molecule has 1 aliphatic carbocycles. The summed E-state index contributed by atoms with van der Waals surface area (Å²) < 4.78 is 0. The molecule has 0 atom stereocenters. The summed E-state index contributed by atoms with van der Waals surface area (Å²) >= 11 is 0. The number of hydrogen-bond donors (Lipinski definition) is 1. The SMILES string of the molecule is CC1=C/C(=C(/O)c2ccccc2)C(C(=O)c2ccccc2)=C1. The van der Waals surface area contributed by atoms with Gasteiger partial charge in [-0.3, -0.25) is 4.79 Å². The third kappa shape index (κ3) is 2.63. The molecule has 0 aromatic heterocycles. The number of aliphatic hydroxyl groups is 1. The van der Waals surface area contributed by atoms with Crippen LogP contribution >= 0.6 is 0 Å². The molecule has 0 saturated carbocycles. The average molecular weight is 288 g/mol. The van der Waals surface area contributed by atoms with Crippen molar-refractivity contribution < 1.29 is 9.90 Å². The Morgan fingerprint density at radius 2 is 1.36 bits per heavy atom. The van der Waals surface area contributed by atoms with Gasteiger partial charge in [0.2, 0.25) is 0 Å². The smallest absolute Gasteiger partial charge is 0.193 e. The zero-order chi connectivity index (χ0) is 15.5. The Morgan fingerprint density at radius 1 is 0.818 bits per heavy atom. The van der Waals surface area contributed by atoms with Crippen molar-refractivity contribution >= 4 is 11.5 Å². The molecule has 0 unspecified atom stereocenters. The quantitative estimate of drug-likeness (QED) is 0.655. The highest BCUT2D eigenvalue weighted by molar-refractivity contribution is 6.14. The Morgan fingerprint density at radius 3 is 1.95 bits per heavy atom. The van der Waals surface area contributed by atoms with Gasteiger partial charge < -0.3 is 5.11 Å². The number of hydrogen-bond acceptors (Lipinski definition) is 2. The lowest BCUT2D eigenvalue weighted by Gasteiger charge is -2.08. The average Bonchev–Trinajstić information content (AvgIpc) is 2.97. The molecular weight excluding hydrogens is 272 g/mol. The molecule has 0 radical (unpaired) electrons. The van der Waals surface area contributed by atoms with Crippen molar-refractivity contribution in [1.82, 2.24) is 0 Å². The van der Waals surface area contributed by atoms with Crippen LogP contribution in [0.15, 0.2) is 89.5 Å². The van der Waals surface area contributed by atoms with Crippen molar-refractivity contribution in [3.05, 3.63) is 101 Å². The van der Waals surface area contributed by atoms with Gasteiger partial charge in [0.15, 0.2) is 5.78 Å². The summed E-state index contributed by atoms with van der Waals surface area (Å²) in [5.41, 5.74) is 3.39. The van der Waals surface area contributed by atoms with E-state index in [1.165, 1.54) is 0 Å². The molecule has 0 saturated heterocycles. The van der Waals surface area contributed by atoms with Crippen LogP contribution in [0.1, 0.15) is 22.8 Å². The molecule has 108 valence electrons. The van der Waals surface area contributed by atoms with E-state index >= 15 is 0 Å². The maximum Gasteiger partial charge on any atom is 0.193 e. The van der Waals surface area contributed by atoms with Crippen LogP contribution in [0.3, 0.4) is 0 Å². The molecule has 0 bridgehead atoms. The van der Waals surface area contributed by atoms with Gasteiger partial charge >= 0.3 is 0 Å². The molecule has 0 aliphatic heterocycles. The monoisotopic (exact) mass is 288 g/mol. The Kier molecular flexibility index (Phi) is 3.75. The van der Waals surface area contributed by atoms with Crippen LogP contribution in [0.5, 0.6) is 0 Å². The number of rotatable bonds is 3. The standard InChI is InChI=1S/C20H16O2/c1-14-12-17(19(21)15-8-4-2-5-9-15)18(13-14)20(22)16-10-6-3-7-11-16/h2-13,21H,1H3/b19-17-. The van der Waals surface area contributed by atoms with Crippen molar-refractivity contribution in [3.8, 4) is 0 Å². The number of benzene rings is 2. The molecule has 1 N–H and O–H groups in total. The van der Waals surface area contributed by atoms with Crippen LogP contribution in [0.2, 0.25) is 0 Å². The number of carbonyl (C=O) groups excluding carboxylic acids is 1. The van der Waals surface area contributed by atoms with E-state index in [9.17, 15) is 9.90 Å². The minimum Gasteiger partial charge on any atom is -0.507 e. The second kappa shape index (κ2) is 5.86. The Bertz CT molecular complexity index is 794. The highest BCUT2D eigenvalue weighted by atomic mass is 16.3. The molecule has 0 heterocycles. The molecule has 0 fully saturated rings. The number of aliphatic hydroxyl groups excluding tert-OH is 1. The second-order valence-corrected chi connectivity index (χ2v) is 5.27. The van der Waals surface area contributed by atoms with Crippen molar-refractivity contribution in [2.45, 2.75) is 6.92 Å². The lowest BCUT2D eigenvalue weighted by Crippen LogP contribution is -2.05.